The summed E-state index contributed by atoms with van der Waals surface area (Å²) in [7, 11) is 0. The zero-order valence-electron chi connectivity index (χ0n) is 8.07. The number of hydrogen-bond acceptors (Lipinski definition) is 4. The van der Waals surface area contributed by atoms with Crippen LogP contribution in [-0.2, 0) is 4.79 Å². The molecule has 1 unspecified atom stereocenters. The second-order valence-electron chi connectivity index (χ2n) is 3.35. The molecular weight excluding hydrogens is 217 g/mol. The van der Waals surface area contributed by atoms with E-state index in [1.54, 1.807) is 0 Å². The summed E-state index contributed by atoms with van der Waals surface area (Å²) in [5.74, 6) is -1.10. The largest absolute Gasteiger partial charge is 0.336 e. The molecule has 2 rings (SSSR count). The monoisotopic (exact) mass is 225 g/mol. The first-order chi connectivity index (χ1) is 7.58. The second kappa shape index (κ2) is 3.86. The third-order valence-electron chi connectivity index (χ3n) is 2.27. The van der Waals surface area contributed by atoms with Crippen molar-refractivity contribution in [3.8, 4) is 0 Å². The van der Waals surface area contributed by atoms with E-state index in [0.29, 0.717) is 5.56 Å². The summed E-state index contributed by atoms with van der Waals surface area (Å²) < 4.78 is 13.3. The Morgan fingerprint density at radius 1 is 1.50 bits per heavy atom. The molecule has 0 aromatic heterocycles. The third-order valence-corrected chi connectivity index (χ3v) is 2.27. The van der Waals surface area contributed by atoms with Crippen LogP contribution in [0.4, 0.5) is 10.1 Å². The molecule has 2 N–H and O–H groups in total. The maximum Gasteiger partial charge on any atom is 0.304 e. The highest BCUT2D eigenvalue weighted by Gasteiger charge is 2.23. The molecule has 1 heterocycles. The molecule has 0 radical (unpaired) electrons. The Kier molecular flexibility index (Phi) is 2.53. The van der Waals surface area contributed by atoms with Crippen molar-refractivity contribution in [1.82, 2.24) is 10.6 Å². The first-order valence-electron chi connectivity index (χ1n) is 4.54. The Morgan fingerprint density at radius 2 is 2.25 bits per heavy atom. The average Bonchev–Trinajstić information content (AvgIpc) is 2.64. The van der Waals surface area contributed by atoms with Crippen molar-refractivity contribution in [2.75, 3.05) is 6.54 Å². The minimum absolute atomic E-state index is 0.156. The zero-order chi connectivity index (χ0) is 11.7. The lowest BCUT2D eigenvalue weighted by Crippen LogP contribution is -2.22. The Balaban J connectivity index is 2.27. The van der Waals surface area contributed by atoms with Crippen LogP contribution in [0.5, 0.6) is 0 Å². The number of nitrogens with zero attached hydrogens (tertiary/aromatic N) is 1. The molecule has 1 amide bonds. The van der Waals surface area contributed by atoms with Crippen LogP contribution in [0.25, 0.3) is 0 Å². The summed E-state index contributed by atoms with van der Waals surface area (Å²) in [4.78, 5) is 20.5. The summed E-state index contributed by atoms with van der Waals surface area (Å²) >= 11 is 0. The van der Waals surface area contributed by atoms with Crippen LogP contribution in [0.1, 0.15) is 11.7 Å². The number of carbonyl (C=O) groups is 1. The molecule has 1 aromatic rings. The van der Waals surface area contributed by atoms with Crippen molar-refractivity contribution in [3.05, 3.63) is 39.7 Å². The van der Waals surface area contributed by atoms with Crippen LogP contribution >= 0.6 is 0 Å². The van der Waals surface area contributed by atoms with E-state index in [1.165, 1.54) is 6.07 Å². The Hall–Kier alpha value is -2.02. The SMILES string of the molecule is O=C1CNC(c2ccc([N+](=O)[O-])c(F)c2)N1. The van der Waals surface area contributed by atoms with Crippen LogP contribution in [0, 0.1) is 15.9 Å². The first kappa shape index (κ1) is 10.5. The summed E-state index contributed by atoms with van der Waals surface area (Å²) in [6.45, 7) is 0.156. The van der Waals surface area contributed by atoms with Crippen molar-refractivity contribution in [2.24, 2.45) is 0 Å². The molecular formula is C9H8FN3O3. The van der Waals surface area contributed by atoms with Gasteiger partial charge in [0.15, 0.2) is 0 Å². The van der Waals surface area contributed by atoms with Crippen LogP contribution < -0.4 is 10.6 Å². The molecule has 84 valence electrons. The summed E-state index contributed by atoms with van der Waals surface area (Å²) in [6.07, 6.45) is -0.484. The molecule has 0 aliphatic carbocycles. The van der Waals surface area contributed by atoms with Gasteiger partial charge in [-0.2, -0.15) is 4.39 Å². The average molecular weight is 225 g/mol. The zero-order valence-corrected chi connectivity index (χ0v) is 8.07. The number of hydrogen-bond donors (Lipinski definition) is 2. The van der Waals surface area contributed by atoms with Gasteiger partial charge in [0.1, 0.15) is 6.17 Å². The number of halogens is 1. The lowest BCUT2D eigenvalue weighted by molar-refractivity contribution is -0.387. The third kappa shape index (κ3) is 1.84. The van der Waals surface area contributed by atoms with Crippen molar-refractivity contribution in [3.63, 3.8) is 0 Å². The molecule has 0 spiro atoms. The van der Waals surface area contributed by atoms with E-state index in [4.69, 9.17) is 0 Å². The molecule has 1 aliphatic rings. The van der Waals surface area contributed by atoms with Gasteiger partial charge in [-0.1, -0.05) is 0 Å². The Morgan fingerprint density at radius 3 is 2.75 bits per heavy atom. The van der Waals surface area contributed by atoms with Gasteiger partial charge in [-0.3, -0.25) is 20.2 Å². The van der Waals surface area contributed by atoms with Gasteiger partial charge in [0.05, 0.1) is 11.5 Å². The lowest BCUT2D eigenvalue weighted by atomic mass is 10.1. The molecule has 1 saturated heterocycles. The minimum atomic E-state index is -0.912. The maximum atomic E-state index is 13.3. The smallest absolute Gasteiger partial charge is 0.304 e. The summed E-state index contributed by atoms with van der Waals surface area (Å²) in [6, 6.07) is 3.53. The van der Waals surface area contributed by atoms with E-state index in [2.05, 4.69) is 10.6 Å². The first-order valence-corrected chi connectivity index (χ1v) is 4.54. The molecule has 7 heteroatoms. The van der Waals surface area contributed by atoms with Gasteiger partial charge in [-0.05, 0) is 17.7 Å². The molecule has 1 fully saturated rings. The van der Waals surface area contributed by atoms with E-state index in [-0.39, 0.29) is 12.5 Å². The Bertz CT molecular complexity index is 463. The highest BCUT2D eigenvalue weighted by Crippen LogP contribution is 2.21. The van der Waals surface area contributed by atoms with Gasteiger partial charge in [-0.15, -0.1) is 0 Å². The van der Waals surface area contributed by atoms with E-state index in [1.807, 2.05) is 0 Å². The number of nitrogens with one attached hydrogen (secondary N) is 2. The molecule has 0 saturated carbocycles. The number of amides is 1. The van der Waals surface area contributed by atoms with Gasteiger partial charge in [0.2, 0.25) is 11.7 Å². The molecule has 0 bridgehead atoms. The van der Waals surface area contributed by atoms with Crippen LogP contribution in [0.2, 0.25) is 0 Å². The second-order valence-corrected chi connectivity index (χ2v) is 3.35. The van der Waals surface area contributed by atoms with Crippen molar-refractivity contribution in [1.29, 1.82) is 0 Å². The van der Waals surface area contributed by atoms with Gasteiger partial charge >= 0.3 is 5.69 Å². The van der Waals surface area contributed by atoms with Crippen LogP contribution in [-0.4, -0.2) is 17.4 Å². The van der Waals surface area contributed by atoms with Gasteiger partial charge < -0.3 is 5.32 Å². The number of nitro groups is 1. The molecule has 1 aromatic carbocycles. The van der Waals surface area contributed by atoms with Crippen molar-refractivity contribution < 1.29 is 14.1 Å². The molecule has 1 aliphatic heterocycles. The van der Waals surface area contributed by atoms with E-state index in [0.717, 1.165) is 12.1 Å². The normalized spacial score (nSPS) is 19.6. The molecule has 1 atom stereocenters. The number of rotatable bonds is 2. The highest BCUT2D eigenvalue weighted by molar-refractivity contribution is 5.80. The van der Waals surface area contributed by atoms with E-state index < -0.39 is 22.6 Å². The predicted octanol–water partition coefficient (Wildman–Crippen LogP) is 0.452. The quantitative estimate of drug-likeness (QED) is 0.565. The van der Waals surface area contributed by atoms with Crippen LogP contribution in [0.15, 0.2) is 18.2 Å². The van der Waals surface area contributed by atoms with Crippen LogP contribution in [0.3, 0.4) is 0 Å². The number of nitro benzene ring substituents is 1. The number of carbonyl (C=O) groups excluding carboxylic acids is 1. The van der Waals surface area contributed by atoms with Gasteiger partial charge in [-0.25, -0.2) is 0 Å². The predicted molar refractivity (Wildman–Crippen MR) is 51.9 cm³/mol. The topological polar surface area (TPSA) is 84.3 Å². The summed E-state index contributed by atoms with van der Waals surface area (Å²) in [5.41, 5.74) is -0.123. The Labute approximate surface area is 89.6 Å². The molecule has 16 heavy (non-hydrogen) atoms. The fourth-order valence-corrected chi connectivity index (χ4v) is 1.51. The molecule has 6 nitrogen and oxygen atoms in total. The van der Waals surface area contributed by atoms with E-state index in [9.17, 15) is 19.3 Å². The van der Waals surface area contributed by atoms with Gasteiger partial charge in [0, 0.05) is 6.07 Å². The fourth-order valence-electron chi connectivity index (χ4n) is 1.51. The van der Waals surface area contributed by atoms with Gasteiger partial charge in [0.25, 0.3) is 0 Å². The van der Waals surface area contributed by atoms with Crippen molar-refractivity contribution >= 4 is 11.6 Å². The fraction of sp³-hybridized carbons (Fsp3) is 0.222. The summed E-state index contributed by atoms with van der Waals surface area (Å²) in [5, 5.41) is 15.7. The highest BCUT2D eigenvalue weighted by atomic mass is 19.1. The van der Waals surface area contributed by atoms with Crippen molar-refractivity contribution in [2.45, 2.75) is 6.17 Å². The van der Waals surface area contributed by atoms with E-state index >= 15 is 0 Å². The standard InChI is InChI=1S/C9H8FN3O3/c10-6-3-5(1-2-7(6)13(15)16)9-11-4-8(14)12-9/h1-3,9,11H,4H2,(H,12,14). The minimum Gasteiger partial charge on any atom is -0.336 e. The number of benzene rings is 1. The maximum absolute atomic E-state index is 13.3. The lowest BCUT2D eigenvalue weighted by Gasteiger charge is -2.10.